The molecule has 1 fully saturated rings. The second-order valence-electron chi connectivity index (χ2n) is 5.08. The van der Waals surface area contributed by atoms with Crippen LogP contribution in [0.25, 0.3) is 0 Å². The standard InChI is InChI=1S/C15H18BrNO4/c1-9(14(18)17-12-5-6-12)21-15(19)10(2)20-13-7-3-11(16)4-8-13/h3-4,7-10,12H,5-6H2,1-2H3,(H,17,18)/t9-,10+/m1/s1. The van der Waals surface area contributed by atoms with E-state index in [9.17, 15) is 9.59 Å². The highest BCUT2D eigenvalue weighted by molar-refractivity contribution is 9.10. The van der Waals surface area contributed by atoms with Crippen molar-refractivity contribution in [2.24, 2.45) is 0 Å². The molecule has 6 heteroatoms. The monoisotopic (exact) mass is 355 g/mol. The summed E-state index contributed by atoms with van der Waals surface area (Å²) in [6.07, 6.45) is 0.404. The first-order valence-corrected chi connectivity index (χ1v) is 7.68. The van der Waals surface area contributed by atoms with Crippen LogP contribution in [0.5, 0.6) is 5.75 Å². The Bertz CT molecular complexity index is 513. The number of ether oxygens (including phenoxy) is 2. The Hall–Kier alpha value is -1.56. The third-order valence-corrected chi connectivity index (χ3v) is 3.57. The van der Waals surface area contributed by atoms with Crippen molar-refractivity contribution in [2.75, 3.05) is 0 Å². The number of nitrogens with one attached hydrogen (secondary N) is 1. The molecule has 0 bridgehead atoms. The number of halogens is 1. The van der Waals surface area contributed by atoms with Gasteiger partial charge in [0.05, 0.1) is 0 Å². The molecule has 114 valence electrons. The van der Waals surface area contributed by atoms with E-state index in [1.165, 1.54) is 0 Å². The lowest BCUT2D eigenvalue weighted by Gasteiger charge is -2.17. The third-order valence-electron chi connectivity index (χ3n) is 3.04. The minimum Gasteiger partial charge on any atom is -0.479 e. The molecule has 1 aromatic rings. The van der Waals surface area contributed by atoms with E-state index >= 15 is 0 Å². The highest BCUT2D eigenvalue weighted by Gasteiger charge is 2.28. The van der Waals surface area contributed by atoms with Gasteiger partial charge >= 0.3 is 5.97 Å². The van der Waals surface area contributed by atoms with Gasteiger partial charge in [-0.05, 0) is 51.0 Å². The number of carbonyl (C=O) groups is 2. The fourth-order valence-electron chi connectivity index (χ4n) is 1.64. The number of hydrogen-bond donors (Lipinski definition) is 1. The molecule has 1 aliphatic carbocycles. The predicted octanol–water partition coefficient (Wildman–Crippen LogP) is 2.43. The first-order valence-electron chi connectivity index (χ1n) is 6.89. The topological polar surface area (TPSA) is 64.6 Å². The molecule has 1 aliphatic rings. The van der Waals surface area contributed by atoms with Crippen molar-refractivity contribution in [3.8, 4) is 5.75 Å². The molecular weight excluding hydrogens is 338 g/mol. The van der Waals surface area contributed by atoms with E-state index < -0.39 is 18.2 Å². The molecule has 1 aromatic carbocycles. The lowest BCUT2D eigenvalue weighted by molar-refractivity contribution is -0.160. The molecular formula is C15H18BrNO4. The molecule has 21 heavy (non-hydrogen) atoms. The number of esters is 1. The molecule has 0 heterocycles. The van der Waals surface area contributed by atoms with Gasteiger partial charge in [-0.1, -0.05) is 15.9 Å². The minimum atomic E-state index is -0.811. The Morgan fingerprint density at radius 2 is 1.81 bits per heavy atom. The zero-order chi connectivity index (χ0) is 15.4. The van der Waals surface area contributed by atoms with Gasteiger partial charge in [0.1, 0.15) is 5.75 Å². The number of hydrogen-bond acceptors (Lipinski definition) is 4. The van der Waals surface area contributed by atoms with Gasteiger partial charge in [-0.25, -0.2) is 4.79 Å². The Balaban J connectivity index is 1.80. The van der Waals surface area contributed by atoms with E-state index in [0.29, 0.717) is 5.75 Å². The minimum absolute atomic E-state index is 0.245. The molecule has 1 saturated carbocycles. The first kappa shape index (κ1) is 15.8. The Morgan fingerprint density at radius 3 is 2.38 bits per heavy atom. The summed E-state index contributed by atoms with van der Waals surface area (Å²) in [6.45, 7) is 3.15. The molecule has 1 amide bonds. The second kappa shape index (κ2) is 6.93. The summed E-state index contributed by atoms with van der Waals surface area (Å²) in [6, 6.07) is 7.38. The molecule has 0 spiro atoms. The molecule has 0 unspecified atom stereocenters. The molecule has 0 saturated heterocycles. The van der Waals surface area contributed by atoms with Crippen LogP contribution >= 0.6 is 15.9 Å². The molecule has 1 N–H and O–H groups in total. The van der Waals surface area contributed by atoms with E-state index in [4.69, 9.17) is 9.47 Å². The largest absolute Gasteiger partial charge is 0.479 e. The number of benzene rings is 1. The average Bonchev–Trinajstić information content (AvgIpc) is 3.25. The normalized spacial score (nSPS) is 16.7. The maximum absolute atomic E-state index is 11.9. The summed E-state index contributed by atoms with van der Waals surface area (Å²) in [4.78, 5) is 23.6. The van der Waals surface area contributed by atoms with E-state index in [2.05, 4.69) is 21.2 Å². The van der Waals surface area contributed by atoms with Gasteiger partial charge in [-0.15, -0.1) is 0 Å². The third kappa shape index (κ3) is 5.04. The van der Waals surface area contributed by atoms with Crippen molar-refractivity contribution >= 4 is 27.8 Å². The van der Waals surface area contributed by atoms with Crippen LogP contribution in [0.2, 0.25) is 0 Å². The van der Waals surface area contributed by atoms with Crippen LogP contribution in [-0.2, 0) is 14.3 Å². The fourth-order valence-corrected chi connectivity index (χ4v) is 1.90. The van der Waals surface area contributed by atoms with Crippen molar-refractivity contribution in [1.82, 2.24) is 5.32 Å². The molecule has 0 aromatic heterocycles. The van der Waals surface area contributed by atoms with Crippen molar-refractivity contribution in [1.29, 1.82) is 0 Å². The summed E-state index contributed by atoms with van der Waals surface area (Å²) in [5.74, 6) is -0.254. The number of rotatable bonds is 6. The Labute approximate surface area is 132 Å². The maximum atomic E-state index is 11.9. The lowest BCUT2D eigenvalue weighted by atomic mass is 10.3. The van der Waals surface area contributed by atoms with Crippen LogP contribution in [0.1, 0.15) is 26.7 Å². The van der Waals surface area contributed by atoms with Gasteiger partial charge in [-0.2, -0.15) is 0 Å². The van der Waals surface area contributed by atoms with Gasteiger partial charge in [-0.3, -0.25) is 4.79 Å². The number of carbonyl (C=O) groups excluding carboxylic acids is 2. The highest BCUT2D eigenvalue weighted by atomic mass is 79.9. The van der Waals surface area contributed by atoms with Gasteiger partial charge in [0.25, 0.3) is 5.91 Å². The predicted molar refractivity (Wildman–Crippen MR) is 81.0 cm³/mol. The van der Waals surface area contributed by atoms with Gasteiger partial charge in [0.2, 0.25) is 0 Å². The van der Waals surface area contributed by atoms with Crippen molar-refractivity contribution in [3.63, 3.8) is 0 Å². The molecule has 2 rings (SSSR count). The van der Waals surface area contributed by atoms with Crippen LogP contribution in [-0.4, -0.2) is 30.1 Å². The Morgan fingerprint density at radius 1 is 1.19 bits per heavy atom. The highest BCUT2D eigenvalue weighted by Crippen LogP contribution is 2.19. The van der Waals surface area contributed by atoms with Gasteiger partial charge < -0.3 is 14.8 Å². The van der Waals surface area contributed by atoms with Gasteiger partial charge in [0.15, 0.2) is 12.2 Å². The molecule has 0 radical (unpaired) electrons. The van der Waals surface area contributed by atoms with Crippen molar-refractivity contribution in [3.05, 3.63) is 28.7 Å². The summed E-state index contributed by atoms with van der Waals surface area (Å²) in [5, 5.41) is 2.79. The Kier molecular flexibility index (Phi) is 5.22. The maximum Gasteiger partial charge on any atom is 0.347 e. The molecule has 0 aliphatic heterocycles. The zero-order valence-corrected chi connectivity index (χ0v) is 13.6. The van der Waals surface area contributed by atoms with Crippen molar-refractivity contribution in [2.45, 2.75) is 44.9 Å². The summed E-state index contributed by atoms with van der Waals surface area (Å²) >= 11 is 3.32. The average molecular weight is 356 g/mol. The summed E-state index contributed by atoms with van der Waals surface area (Å²) in [7, 11) is 0. The molecule has 5 nitrogen and oxygen atoms in total. The quantitative estimate of drug-likeness (QED) is 0.796. The zero-order valence-electron chi connectivity index (χ0n) is 12.0. The van der Waals surface area contributed by atoms with E-state index in [-0.39, 0.29) is 11.9 Å². The van der Waals surface area contributed by atoms with Crippen LogP contribution in [0.3, 0.4) is 0 Å². The van der Waals surface area contributed by atoms with Gasteiger partial charge in [0, 0.05) is 10.5 Å². The van der Waals surface area contributed by atoms with Crippen LogP contribution in [0.4, 0.5) is 0 Å². The van der Waals surface area contributed by atoms with Crippen LogP contribution in [0, 0.1) is 0 Å². The van der Waals surface area contributed by atoms with Crippen LogP contribution < -0.4 is 10.1 Å². The summed E-state index contributed by atoms with van der Waals surface area (Å²) in [5.41, 5.74) is 0. The van der Waals surface area contributed by atoms with E-state index in [1.807, 2.05) is 12.1 Å². The lowest BCUT2D eigenvalue weighted by Crippen LogP contribution is -2.39. The first-order chi connectivity index (χ1) is 9.95. The fraction of sp³-hybridized carbons (Fsp3) is 0.467. The number of amides is 1. The van der Waals surface area contributed by atoms with Crippen molar-refractivity contribution < 1.29 is 19.1 Å². The molecule has 2 atom stereocenters. The smallest absolute Gasteiger partial charge is 0.347 e. The van der Waals surface area contributed by atoms with E-state index in [0.717, 1.165) is 17.3 Å². The van der Waals surface area contributed by atoms with Crippen LogP contribution in [0.15, 0.2) is 28.7 Å². The summed E-state index contributed by atoms with van der Waals surface area (Å²) < 4.78 is 11.5. The second-order valence-corrected chi connectivity index (χ2v) is 5.99. The van der Waals surface area contributed by atoms with E-state index in [1.54, 1.807) is 26.0 Å². The SMILES string of the molecule is C[C@H](Oc1ccc(Br)cc1)C(=O)O[C@H](C)C(=O)NC1CC1.